The van der Waals surface area contributed by atoms with E-state index in [0.29, 0.717) is 11.7 Å². The smallest absolute Gasteiger partial charge is 0.124 e. The Morgan fingerprint density at radius 1 is 1.12 bits per heavy atom. The van der Waals surface area contributed by atoms with Gasteiger partial charge in [0.25, 0.3) is 0 Å². The first kappa shape index (κ1) is 19.9. The molecule has 0 bridgehead atoms. The van der Waals surface area contributed by atoms with Crippen LogP contribution in [0, 0.1) is 5.92 Å². The second-order valence-electron chi connectivity index (χ2n) is 8.23. The molecule has 1 aliphatic rings. The fraction of sp³-hybridized carbons (Fsp3) is 0.652. The number of aryl methyl sites for hydroxylation is 1. The molecule has 1 atom stereocenters. The summed E-state index contributed by atoms with van der Waals surface area (Å²) in [6.07, 6.45) is 13.1. The van der Waals surface area contributed by atoms with Gasteiger partial charge in [-0.05, 0) is 70.6 Å². The van der Waals surface area contributed by atoms with Crippen LogP contribution < -0.4 is 4.74 Å². The fourth-order valence-corrected chi connectivity index (χ4v) is 3.76. The highest BCUT2D eigenvalue weighted by Gasteiger charge is 2.32. The van der Waals surface area contributed by atoms with Crippen LogP contribution in [-0.2, 0) is 6.42 Å². The first-order chi connectivity index (χ1) is 11.9. The zero-order chi connectivity index (χ0) is 18.3. The van der Waals surface area contributed by atoms with E-state index in [9.17, 15) is 5.11 Å². The van der Waals surface area contributed by atoms with Gasteiger partial charge in [0.1, 0.15) is 17.1 Å². The Labute approximate surface area is 154 Å². The summed E-state index contributed by atoms with van der Waals surface area (Å²) >= 11 is 0. The van der Waals surface area contributed by atoms with E-state index in [1.54, 1.807) is 6.07 Å². The zero-order valence-corrected chi connectivity index (χ0v) is 16.6. The van der Waals surface area contributed by atoms with Gasteiger partial charge in [0.15, 0.2) is 0 Å². The predicted octanol–water partition coefficient (Wildman–Crippen LogP) is 6.81. The number of aromatic hydroxyl groups is 1. The minimum atomic E-state index is -0.219. The number of rotatable bonds is 9. The van der Waals surface area contributed by atoms with Crippen molar-refractivity contribution in [2.24, 2.45) is 5.92 Å². The Balaban J connectivity index is 1.96. The third-order valence-corrected chi connectivity index (χ3v) is 5.52. The first-order valence-electron chi connectivity index (χ1n) is 10.1. The molecule has 0 saturated heterocycles. The van der Waals surface area contributed by atoms with Crippen molar-refractivity contribution >= 4 is 0 Å². The maximum absolute atomic E-state index is 10.1. The minimum Gasteiger partial charge on any atom is -0.508 e. The molecular formula is C23H36O2. The number of benzene rings is 1. The lowest BCUT2D eigenvalue weighted by Crippen LogP contribution is -2.38. The summed E-state index contributed by atoms with van der Waals surface area (Å²) in [7, 11) is 0. The van der Waals surface area contributed by atoms with Crippen molar-refractivity contribution in [2.75, 3.05) is 0 Å². The molecule has 0 aliphatic heterocycles. The van der Waals surface area contributed by atoms with Crippen molar-refractivity contribution in [1.82, 2.24) is 0 Å². The molecule has 1 aromatic rings. The van der Waals surface area contributed by atoms with Gasteiger partial charge in [-0.15, -0.1) is 0 Å². The Kier molecular flexibility index (Phi) is 7.40. The molecule has 1 unspecified atom stereocenters. The molecule has 2 nitrogen and oxygen atoms in total. The monoisotopic (exact) mass is 344 g/mol. The van der Waals surface area contributed by atoms with Gasteiger partial charge in [0.2, 0.25) is 0 Å². The lowest BCUT2D eigenvalue weighted by atomic mass is 9.79. The van der Waals surface area contributed by atoms with Crippen molar-refractivity contribution in [3.8, 4) is 11.5 Å². The number of phenols is 1. The summed E-state index contributed by atoms with van der Waals surface area (Å²) in [6.45, 7) is 8.82. The summed E-state index contributed by atoms with van der Waals surface area (Å²) in [4.78, 5) is 0. The summed E-state index contributed by atoms with van der Waals surface area (Å²) in [5.41, 5.74) is 2.46. The third kappa shape index (κ3) is 6.41. The summed E-state index contributed by atoms with van der Waals surface area (Å²) in [5.74, 6) is 1.65. The molecule has 0 spiro atoms. The molecule has 2 heteroatoms. The van der Waals surface area contributed by atoms with Crippen LogP contribution in [0.15, 0.2) is 29.8 Å². The van der Waals surface area contributed by atoms with Crippen molar-refractivity contribution < 1.29 is 9.84 Å². The van der Waals surface area contributed by atoms with Crippen molar-refractivity contribution in [3.63, 3.8) is 0 Å². The van der Waals surface area contributed by atoms with Crippen LogP contribution in [0.2, 0.25) is 0 Å². The molecule has 25 heavy (non-hydrogen) atoms. The summed E-state index contributed by atoms with van der Waals surface area (Å²) in [5, 5.41) is 10.1. The maximum Gasteiger partial charge on any atom is 0.124 e. The van der Waals surface area contributed by atoms with Gasteiger partial charge in [-0.2, -0.15) is 0 Å². The van der Waals surface area contributed by atoms with E-state index < -0.39 is 0 Å². The summed E-state index contributed by atoms with van der Waals surface area (Å²) < 4.78 is 6.35. The van der Waals surface area contributed by atoms with Gasteiger partial charge in [0, 0.05) is 12.0 Å². The van der Waals surface area contributed by atoms with Crippen LogP contribution >= 0.6 is 0 Å². The Bertz CT molecular complexity index is 571. The first-order valence-corrected chi connectivity index (χ1v) is 10.1. The van der Waals surface area contributed by atoms with Crippen LogP contribution in [0.25, 0.3) is 0 Å². The summed E-state index contributed by atoms with van der Waals surface area (Å²) in [6, 6.07) is 5.75. The second kappa shape index (κ2) is 9.31. The van der Waals surface area contributed by atoms with Crippen LogP contribution in [0.3, 0.4) is 0 Å². The van der Waals surface area contributed by atoms with Crippen molar-refractivity contribution in [1.29, 1.82) is 0 Å². The van der Waals surface area contributed by atoms with Gasteiger partial charge in [-0.25, -0.2) is 0 Å². The topological polar surface area (TPSA) is 29.5 Å². The fourth-order valence-electron chi connectivity index (χ4n) is 3.76. The maximum atomic E-state index is 10.1. The molecule has 1 aliphatic carbocycles. The van der Waals surface area contributed by atoms with E-state index in [2.05, 4.69) is 39.8 Å². The predicted molar refractivity (Wildman–Crippen MR) is 106 cm³/mol. The Hall–Kier alpha value is -1.44. The molecule has 0 fully saturated rings. The minimum absolute atomic E-state index is 0.219. The quantitative estimate of drug-likeness (QED) is 0.394. The van der Waals surface area contributed by atoms with Crippen LogP contribution in [0.4, 0.5) is 0 Å². The lowest BCUT2D eigenvalue weighted by molar-refractivity contribution is 0.0381. The van der Waals surface area contributed by atoms with Crippen molar-refractivity contribution in [3.05, 3.63) is 35.4 Å². The van der Waals surface area contributed by atoms with Gasteiger partial charge < -0.3 is 9.84 Å². The molecule has 0 saturated carbocycles. The molecule has 0 heterocycles. The number of unbranched alkanes of at least 4 members (excludes halogenated alkanes) is 4. The van der Waals surface area contributed by atoms with Crippen molar-refractivity contribution in [2.45, 2.75) is 91.1 Å². The van der Waals surface area contributed by atoms with Gasteiger partial charge >= 0.3 is 0 Å². The number of phenolic OH excluding ortho intramolecular Hbond substituents is 1. The zero-order valence-electron chi connectivity index (χ0n) is 16.6. The Morgan fingerprint density at radius 2 is 1.88 bits per heavy atom. The molecule has 2 rings (SSSR count). The number of hydrogen-bond acceptors (Lipinski definition) is 2. The number of allylic oxidation sites excluding steroid dienone is 2. The standard InChI is InChI=1S/C23H36O2/c1-5-6-7-8-9-10-19-15-21(24)17-22(16-19)25-23(3,4)20-13-11-18(2)12-14-20/h11,15-17,20,24H,5-10,12-14H2,1-4H3. The average molecular weight is 345 g/mol. The van der Waals surface area contributed by atoms with Crippen LogP contribution in [0.5, 0.6) is 11.5 Å². The normalized spacial score (nSPS) is 18.1. The molecule has 0 aromatic heterocycles. The number of ether oxygens (including phenoxy) is 1. The SMILES string of the molecule is CCCCCCCc1cc(O)cc(OC(C)(C)C2CC=C(C)CC2)c1. The highest BCUT2D eigenvalue weighted by molar-refractivity contribution is 5.38. The van der Waals surface area contributed by atoms with E-state index in [0.717, 1.165) is 18.6 Å². The molecule has 1 N–H and O–H groups in total. The highest BCUT2D eigenvalue weighted by Crippen LogP contribution is 2.36. The largest absolute Gasteiger partial charge is 0.508 e. The molecular weight excluding hydrogens is 308 g/mol. The lowest BCUT2D eigenvalue weighted by Gasteiger charge is -2.36. The highest BCUT2D eigenvalue weighted by atomic mass is 16.5. The van der Waals surface area contributed by atoms with Gasteiger partial charge in [0.05, 0.1) is 0 Å². The van der Waals surface area contributed by atoms with E-state index in [1.165, 1.54) is 56.1 Å². The molecule has 1 aromatic carbocycles. The number of hydrogen-bond donors (Lipinski definition) is 1. The van der Waals surface area contributed by atoms with Gasteiger partial charge in [-0.1, -0.05) is 44.3 Å². The molecule has 140 valence electrons. The van der Waals surface area contributed by atoms with E-state index in [-0.39, 0.29) is 5.60 Å². The van der Waals surface area contributed by atoms with E-state index in [4.69, 9.17) is 4.74 Å². The molecule has 0 amide bonds. The second-order valence-corrected chi connectivity index (χ2v) is 8.23. The van der Waals surface area contributed by atoms with Crippen LogP contribution in [0.1, 0.15) is 84.6 Å². The Morgan fingerprint density at radius 3 is 2.56 bits per heavy atom. The van der Waals surface area contributed by atoms with E-state index >= 15 is 0 Å². The van der Waals surface area contributed by atoms with E-state index in [1.807, 2.05) is 6.07 Å². The van der Waals surface area contributed by atoms with Gasteiger partial charge in [-0.3, -0.25) is 0 Å². The third-order valence-electron chi connectivity index (χ3n) is 5.52. The van der Waals surface area contributed by atoms with Crippen LogP contribution in [-0.4, -0.2) is 10.7 Å². The molecule has 0 radical (unpaired) electrons. The average Bonchev–Trinajstić information content (AvgIpc) is 2.54.